The van der Waals surface area contributed by atoms with Gasteiger partial charge in [0.25, 0.3) is 5.91 Å². The highest BCUT2D eigenvalue weighted by molar-refractivity contribution is 6.02. The average Bonchev–Trinajstić information content (AvgIpc) is 3.16. The van der Waals surface area contributed by atoms with Gasteiger partial charge in [0.15, 0.2) is 17.3 Å². The fourth-order valence-corrected chi connectivity index (χ4v) is 2.36. The molecule has 0 radical (unpaired) electrons. The molecule has 2 aromatic carbocycles. The lowest BCUT2D eigenvalue weighted by Crippen LogP contribution is -2.10. The lowest BCUT2D eigenvalue weighted by Gasteiger charge is -2.08. The Hall–Kier alpha value is -3.41. The Kier molecular flexibility index (Phi) is 5.43. The number of anilines is 1. The Morgan fingerprint density at radius 2 is 1.77 bits per heavy atom. The van der Waals surface area contributed by atoms with Crippen LogP contribution in [0.2, 0.25) is 0 Å². The van der Waals surface area contributed by atoms with Crippen LogP contribution in [0.4, 0.5) is 5.69 Å². The number of rotatable bonds is 7. The van der Waals surface area contributed by atoms with E-state index < -0.39 is 0 Å². The van der Waals surface area contributed by atoms with Gasteiger partial charge in [0.05, 0.1) is 14.2 Å². The van der Waals surface area contributed by atoms with Crippen molar-refractivity contribution < 1.29 is 23.4 Å². The van der Waals surface area contributed by atoms with Gasteiger partial charge in [0.1, 0.15) is 18.1 Å². The molecular weight excluding hydrogens is 334 g/mol. The molecule has 0 aliphatic rings. The number of hydrogen-bond acceptors (Lipinski definition) is 5. The van der Waals surface area contributed by atoms with Crippen molar-refractivity contribution in [2.75, 3.05) is 19.5 Å². The minimum absolute atomic E-state index is 0.187. The van der Waals surface area contributed by atoms with Crippen LogP contribution in [0, 0.1) is 0 Å². The minimum Gasteiger partial charge on any atom is -0.497 e. The summed E-state index contributed by atoms with van der Waals surface area (Å²) >= 11 is 0. The molecule has 1 aromatic heterocycles. The van der Waals surface area contributed by atoms with Crippen LogP contribution in [-0.4, -0.2) is 20.1 Å². The van der Waals surface area contributed by atoms with E-state index in [2.05, 4.69) is 5.32 Å². The molecular formula is C20H19NO5. The summed E-state index contributed by atoms with van der Waals surface area (Å²) in [5, 5.41) is 2.76. The van der Waals surface area contributed by atoms with Gasteiger partial charge in [-0.25, -0.2) is 0 Å². The van der Waals surface area contributed by atoms with Gasteiger partial charge >= 0.3 is 0 Å². The smallest absolute Gasteiger partial charge is 0.291 e. The first-order valence-electron chi connectivity index (χ1n) is 7.99. The molecule has 1 N–H and O–H groups in total. The number of methoxy groups -OCH3 is 2. The predicted molar refractivity (Wildman–Crippen MR) is 97.0 cm³/mol. The molecule has 0 unspecified atom stereocenters. The van der Waals surface area contributed by atoms with Crippen LogP contribution in [0.5, 0.6) is 17.2 Å². The van der Waals surface area contributed by atoms with E-state index in [1.54, 1.807) is 56.7 Å². The van der Waals surface area contributed by atoms with Crippen LogP contribution in [0.3, 0.4) is 0 Å². The summed E-state index contributed by atoms with van der Waals surface area (Å²) in [4.78, 5) is 12.3. The molecule has 3 aromatic rings. The topological polar surface area (TPSA) is 69.9 Å². The van der Waals surface area contributed by atoms with Crippen molar-refractivity contribution in [3.63, 3.8) is 0 Å². The third-order valence-electron chi connectivity index (χ3n) is 3.65. The molecule has 0 saturated heterocycles. The highest BCUT2D eigenvalue weighted by Crippen LogP contribution is 2.27. The van der Waals surface area contributed by atoms with Crippen LogP contribution in [0.25, 0.3) is 0 Å². The quantitative estimate of drug-likeness (QED) is 0.692. The Labute approximate surface area is 151 Å². The van der Waals surface area contributed by atoms with Crippen molar-refractivity contribution in [3.05, 3.63) is 72.2 Å². The number of hydrogen-bond donors (Lipinski definition) is 1. The van der Waals surface area contributed by atoms with Gasteiger partial charge in [-0.2, -0.15) is 0 Å². The molecule has 0 bridgehead atoms. The second-order valence-electron chi connectivity index (χ2n) is 5.39. The number of amides is 1. The average molecular weight is 353 g/mol. The molecule has 0 saturated carbocycles. The van der Waals surface area contributed by atoms with E-state index in [9.17, 15) is 4.79 Å². The molecule has 1 heterocycles. The zero-order chi connectivity index (χ0) is 18.4. The number of ether oxygens (including phenoxy) is 3. The largest absolute Gasteiger partial charge is 0.497 e. The van der Waals surface area contributed by atoms with Gasteiger partial charge in [-0.15, -0.1) is 0 Å². The van der Waals surface area contributed by atoms with Crippen molar-refractivity contribution in [2.45, 2.75) is 6.61 Å². The number of furan rings is 1. The summed E-state index contributed by atoms with van der Waals surface area (Å²) in [6, 6.07) is 17.7. The third-order valence-corrected chi connectivity index (χ3v) is 3.65. The summed E-state index contributed by atoms with van der Waals surface area (Å²) in [5.74, 6) is 2.29. The standard InChI is InChI=1S/C20H19NO5/c1-23-15-7-5-6-14(12-15)21-20(22)19-11-10-16(26-19)13-25-18-9-4-3-8-17(18)24-2/h3-12H,13H2,1-2H3,(H,21,22). The zero-order valence-electron chi connectivity index (χ0n) is 14.5. The van der Waals surface area contributed by atoms with Crippen molar-refractivity contribution in [1.29, 1.82) is 0 Å². The summed E-state index contributed by atoms with van der Waals surface area (Å²) < 4.78 is 21.6. The first-order chi connectivity index (χ1) is 12.7. The van der Waals surface area contributed by atoms with Crippen LogP contribution in [0.1, 0.15) is 16.3 Å². The maximum atomic E-state index is 12.3. The first-order valence-corrected chi connectivity index (χ1v) is 7.99. The number of carbonyl (C=O) groups is 1. The van der Waals surface area contributed by atoms with Gasteiger partial charge in [-0.1, -0.05) is 18.2 Å². The van der Waals surface area contributed by atoms with Gasteiger partial charge < -0.3 is 23.9 Å². The Morgan fingerprint density at radius 1 is 0.962 bits per heavy atom. The molecule has 1 amide bonds. The minimum atomic E-state index is -0.346. The summed E-state index contributed by atoms with van der Waals surface area (Å²) in [6.07, 6.45) is 0. The zero-order valence-corrected chi connectivity index (χ0v) is 14.5. The SMILES string of the molecule is COc1cccc(NC(=O)c2ccc(COc3ccccc3OC)o2)c1. The van der Waals surface area contributed by atoms with Crippen LogP contribution in [-0.2, 0) is 6.61 Å². The first kappa shape index (κ1) is 17.4. The van der Waals surface area contributed by atoms with E-state index in [0.717, 1.165) is 0 Å². The normalized spacial score (nSPS) is 10.2. The van der Waals surface area contributed by atoms with Crippen molar-refractivity contribution in [2.24, 2.45) is 0 Å². The molecule has 6 heteroatoms. The molecule has 0 atom stereocenters. The lowest BCUT2D eigenvalue weighted by molar-refractivity contribution is 0.0992. The lowest BCUT2D eigenvalue weighted by atomic mass is 10.3. The number of benzene rings is 2. The van der Waals surface area contributed by atoms with E-state index in [4.69, 9.17) is 18.6 Å². The Bertz CT molecular complexity index is 887. The number of nitrogens with one attached hydrogen (secondary N) is 1. The molecule has 134 valence electrons. The van der Waals surface area contributed by atoms with Gasteiger partial charge in [-0.3, -0.25) is 4.79 Å². The Balaban J connectivity index is 1.62. The Morgan fingerprint density at radius 3 is 2.54 bits per heavy atom. The maximum absolute atomic E-state index is 12.3. The molecule has 26 heavy (non-hydrogen) atoms. The summed E-state index contributed by atoms with van der Waals surface area (Å²) in [5.41, 5.74) is 0.623. The van der Waals surface area contributed by atoms with Crippen molar-refractivity contribution >= 4 is 11.6 Å². The third kappa shape index (κ3) is 4.16. The van der Waals surface area contributed by atoms with Gasteiger partial charge in [0.2, 0.25) is 0 Å². The van der Waals surface area contributed by atoms with Gasteiger partial charge in [0, 0.05) is 11.8 Å². The number of carbonyl (C=O) groups excluding carboxylic acids is 1. The molecule has 0 spiro atoms. The molecule has 0 aliphatic carbocycles. The molecule has 6 nitrogen and oxygen atoms in total. The molecule has 0 fully saturated rings. The summed E-state index contributed by atoms with van der Waals surface area (Å²) in [7, 11) is 3.15. The van der Waals surface area contributed by atoms with E-state index in [0.29, 0.717) is 28.7 Å². The fraction of sp³-hybridized carbons (Fsp3) is 0.150. The van der Waals surface area contributed by atoms with E-state index in [-0.39, 0.29) is 18.3 Å². The van der Waals surface area contributed by atoms with E-state index in [1.807, 2.05) is 18.2 Å². The molecule has 0 aliphatic heterocycles. The van der Waals surface area contributed by atoms with E-state index >= 15 is 0 Å². The van der Waals surface area contributed by atoms with Crippen LogP contribution >= 0.6 is 0 Å². The van der Waals surface area contributed by atoms with Gasteiger partial charge in [-0.05, 0) is 36.4 Å². The monoisotopic (exact) mass is 353 g/mol. The second kappa shape index (κ2) is 8.11. The van der Waals surface area contributed by atoms with Crippen LogP contribution < -0.4 is 19.5 Å². The van der Waals surface area contributed by atoms with Crippen molar-refractivity contribution in [3.8, 4) is 17.2 Å². The highest BCUT2D eigenvalue weighted by atomic mass is 16.5. The molecule has 3 rings (SSSR count). The van der Waals surface area contributed by atoms with Crippen molar-refractivity contribution in [1.82, 2.24) is 0 Å². The fourth-order valence-electron chi connectivity index (χ4n) is 2.36. The highest BCUT2D eigenvalue weighted by Gasteiger charge is 2.13. The van der Waals surface area contributed by atoms with Crippen LogP contribution in [0.15, 0.2) is 65.1 Å². The van der Waals surface area contributed by atoms with E-state index in [1.165, 1.54) is 0 Å². The number of para-hydroxylation sites is 2. The second-order valence-corrected chi connectivity index (χ2v) is 5.39. The maximum Gasteiger partial charge on any atom is 0.291 e. The summed E-state index contributed by atoms with van der Waals surface area (Å²) in [6.45, 7) is 0.187. The predicted octanol–water partition coefficient (Wildman–Crippen LogP) is 4.13.